The molecular weight excluding hydrogens is 212 g/mol. The third-order valence-electron chi connectivity index (χ3n) is 3.29. The van der Waals surface area contributed by atoms with Gasteiger partial charge in [0.25, 0.3) is 5.82 Å². The Kier molecular flexibility index (Phi) is 6.94. The second kappa shape index (κ2) is 8.29. The van der Waals surface area contributed by atoms with Crippen LogP contribution in [0.1, 0.15) is 45.4 Å². The van der Waals surface area contributed by atoms with E-state index in [-0.39, 0.29) is 0 Å². The van der Waals surface area contributed by atoms with Crippen LogP contribution >= 0.6 is 0 Å². The number of ether oxygens (including phenoxy) is 1. The summed E-state index contributed by atoms with van der Waals surface area (Å²) in [6.45, 7) is 6.56. The fraction of sp³-hybridized carbons (Fsp3) is 0.786. The normalized spacial score (nSPS) is 12.9. The van der Waals surface area contributed by atoms with Crippen LogP contribution in [0.15, 0.2) is 12.4 Å². The summed E-state index contributed by atoms with van der Waals surface area (Å²) in [5, 5.41) is 0. The number of hydrogen-bond donors (Lipinski definition) is 1. The zero-order valence-electron chi connectivity index (χ0n) is 11.5. The predicted molar refractivity (Wildman–Crippen MR) is 69.9 cm³/mol. The molecule has 0 aliphatic heterocycles. The number of aromatic nitrogens is 2. The zero-order chi connectivity index (χ0) is 12.5. The monoisotopic (exact) mass is 239 g/mol. The van der Waals surface area contributed by atoms with Gasteiger partial charge in [-0.15, -0.1) is 0 Å². The minimum Gasteiger partial charge on any atom is -0.385 e. The van der Waals surface area contributed by atoms with Crippen molar-refractivity contribution < 1.29 is 9.30 Å². The molecule has 0 bridgehead atoms. The van der Waals surface area contributed by atoms with Crippen molar-refractivity contribution in [3.05, 3.63) is 18.2 Å². The Hall–Kier alpha value is -0.830. The average Bonchev–Trinajstić information content (AvgIpc) is 2.78. The van der Waals surface area contributed by atoms with E-state index < -0.39 is 0 Å². The lowest BCUT2D eigenvalue weighted by atomic mass is 10.0. The summed E-state index contributed by atoms with van der Waals surface area (Å²) in [4.78, 5) is 3.36. The molecule has 0 radical (unpaired) electrons. The van der Waals surface area contributed by atoms with Gasteiger partial charge in [-0.3, -0.25) is 0 Å². The number of aryl methyl sites for hydroxylation is 2. The molecular formula is C14H27N2O+. The SMILES string of the molecule is CCCC[n+]1cc[nH]c1CCC(C)CCOC. The number of imidazole rings is 1. The molecule has 0 amide bonds. The van der Waals surface area contributed by atoms with Gasteiger partial charge in [-0.25, -0.2) is 9.55 Å². The van der Waals surface area contributed by atoms with Gasteiger partial charge in [-0.1, -0.05) is 20.3 Å². The van der Waals surface area contributed by atoms with E-state index in [1.165, 1.54) is 25.1 Å². The van der Waals surface area contributed by atoms with E-state index >= 15 is 0 Å². The number of nitrogens with zero attached hydrogens (tertiary/aromatic N) is 1. The highest BCUT2D eigenvalue weighted by atomic mass is 16.5. The lowest BCUT2D eigenvalue weighted by molar-refractivity contribution is -0.703. The number of unbranched alkanes of at least 4 members (excludes halogenated alkanes) is 1. The molecule has 1 atom stereocenters. The molecule has 1 N–H and O–H groups in total. The number of aromatic amines is 1. The fourth-order valence-electron chi connectivity index (χ4n) is 2.00. The summed E-state index contributed by atoms with van der Waals surface area (Å²) >= 11 is 0. The molecule has 0 spiro atoms. The third kappa shape index (κ3) is 5.35. The Morgan fingerprint density at radius 3 is 2.94 bits per heavy atom. The molecule has 0 saturated carbocycles. The van der Waals surface area contributed by atoms with E-state index in [0.717, 1.165) is 31.9 Å². The van der Waals surface area contributed by atoms with Crippen LogP contribution in [0.5, 0.6) is 0 Å². The molecule has 0 fully saturated rings. The summed E-state index contributed by atoms with van der Waals surface area (Å²) < 4.78 is 7.47. The van der Waals surface area contributed by atoms with Gasteiger partial charge >= 0.3 is 0 Å². The van der Waals surface area contributed by atoms with E-state index in [1.54, 1.807) is 7.11 Å². The summed E-state index contributed by atoms with van der Waals surface area (Å²) in [5.41, 5.74) is 0. The van der Waals surface area contributed by atoms with Crippen LogP contribution in [-0.2, 0) is 17.7 Å². The Morgan fingerprint density at radius 2 is 2.24 bits per heavy atom. The Balaban J connectivity index is 2.32. The van der Waals surface area contributed by atoms with Gasteiger partial charge in [0.1, 0.15) is 12.4 Å². The standard InChI is InChI=1S/C14H26N2O/c1-4-5-10-16-11-9-15-14(16)7-6-13(2)8-12-17-3/h9,11,13H,4-8,10,12H2,1-3H3/p+1. The van der Waals surface area contributed by atoms with E-state index in [0.29, 0.717) is 0 Å². The van der Waals surface area contributed by atoms with E-state index in [4.69, 9.17) is 4.74 Å². The molecule has 1 aromatic rings. The van der Waals surface area contributed by atoms with Crippen LogP contribution in [0.2, 0.25) is 0 Å². The first-order chi connectivity index (χ1) is 8.27. The third-order valence-corrected chi connectivity index (χ3v) is 3.29. The van der Waals surface area contributed by atoms with E-state index in [2.05, 4.69) is 29.6 Å². The zero-order valence-corrected chi connectivity index (χ0v) is 11.5. The average molecular weight is 239 g/mol. The first-order valence-corrected chi connectivity index (χ1v) is 6.82. The molecule has 1 aromatic heterocycles. The summed E-state index contributed by atoms with van der Waals surface area (Å²) in [6, 6.07) is 0. The summed E-state index contributed by atoms with van der Waals surface area (Å²) in [5.74, 6) is 2.10. The molecule has 0 aromatic carbocycles. The van der Waals surface area contributed by atoms with Gasteiger partial charge in [0.15, 0.2) is 0 Å². The molecule has 3 heteroatoms. The van der Waals surface area contributed by atoms with Crippen LogP contribution < -0.4 is 4.57 Å². The Morgan fingerprint density at radius 1 is 1.41 bits per heavy atom. The maximum atomic E-state index is 5.11. The smallest absolute Gasteiger partial charge is 0.254 e. The van der Waals surface area contributed by atoms with Gasteiger partial charge < -0.3 is 4.74 Å². The maximum Gasteiger partial charge on any atom is 0.254 e. The fourth-order valence-corrected chi connectivity index (χ4v) is 2.00. The number of hydrogen-bond acceptors (Lipinski definition) is 1. The highest BCUT2D eigenvalue weighted by Crippen LogP contribution is 2.10. The molecule has 1 rings (SSSR count). The quantitative estimate of drug-likeness (QED) is 0.660. The van der Waals surface area contributed by atoms with Gasteiger partial charge in [0.2, 0.25) is 0 Å². The van der Waals surface area contributed by atoms with Crippen LogP contribution in [0.3, 0.4) is 0 Å². The highest BCUT2D eigenvalue weighted by Gasteiger charge is 2.11. The second-order valence-electron chi connectivity index (χ2n) is 4.88. The van der Waals surface area contributed by atoms with Crippen LogP contribution in [0, 0.1) is 5.92 Å². The number of nitrogens with one attached hydrogen (secondary N) is 1. The van der Waals surface area contributed by atoms with E-state index in [9.17, 15) is 0 Å². The molecule has 1 unspecified atom stereocenters. The van der Waals surface area contributed by atoms with Crippen molar-refractivity contribution in [3.8, 4) is 0 Å². The number of rotatable bonds is 9. The molecule has 98 valence electrons. The lowest BCUT2D eigenvalue weighted by Gasteiger charge is -2.08. The second-order valence-corrected chi connectivity index (χ2v) is 4.88. The minimum absolute atomic E-state index is 0.734. The van der Waals surface area contributed by atoms with Crippen molar-refractivity contribution in [2.45, 2.75) is 52.5 Å². The minimum atomic E-state index is 0.734. The Bertz CT molecular complexity index is 296. The van der Waals surface area contributed by atoms with Crippen molar-refractivity contribution >= 4 is 0 Å². The van der Waals surface area contributed by atoms with Crippen molar-refractivity contribution in [1.29, 1.82) is 0 Å². The van der Waals surface area contributed by atoms with Gasteiger partial charge in [0, 0.05) is 20.1 Å². The van der Waals surface area contributed by atoms with Gasteiger partial charge in [0.05, 0.1) is 6.54 Å². The molecule has 0 aliphatic carbocycles. The van der Waals surface area contributed by atoms with Gasteiger partial charge in [-0.05, 0) is 25.2 Å². The predicted octanol–water partition coefficient (Wildman–Crippen LogP) is 2.71. The molecule has 3 nitrogen and oxygen atoms in total. The van der Waals surface area contributed by atoms with Gasteiger partial charge in [-0.2, -0.15) is 0 Å². The summed E-state index contributed by atoms with van der Waals surface area (Å²) in [7, 11) is 1.77. The highest BCUT2D eigenvalue weighted by molar-refractivity contribution is 4.78. The molecule has 0 aliphatic rings. The first kappa shape index (κ1) is 14.2. The largest absolute Gasteiger partial charge is 0.385 e. The Labute approximate surface area is 105 Å². The molecule has 0 saturated heterocycles. The first-order valence-electron chi connectivity index (χ1n) is 6.82. The lowest BCUT2D eigenvalue weighted by Crippen LogP contribution is -2.36. The van der Waals surface area contributed by atoms with Crippen LogP contribution in [0.4, 0.5) is 0 Å². The number of H-pyrrole nitrogens is 1. The maximum absolute atomic E-state index is 5.11. The van der Waals surface area contributed by atoms with E-state index in [1.807, 2.05) is 6.20 Å². The topological polar surface area (TPSA) is 28.9 Å². The van der Waals surface area contributed by atoms with Crippen molar-refractivity contribution in [1.82, 2.24) is 4.98 Å². The molecule has 17 heavy (non-hydrogen) atoms. The van der Waals surface area contributed by atoms with Crippen molar-refractivity contribution in [3.63, 3.8) is 0 Å². The number of methoxy groups -OCH3 is 1. The van der Waals surface area contributed by atoms with Crippen molar-refractivity contribution in [2.75, 3.05) is 13.7 Å². The van der Waals surface area contributed by atoms with Crippen LogP contribution in [0.25, 0.3) is 0 Å². The molecule has 1 heterocycles. The van der Waals surface area contributed by atoms with Crippen LogP contribution in [-0.4, -0.2) is 18.7 Å². The van der Waals surface area contributed by atoms with Crippen molar-refractivity contribution in [2.24, 2.45) is 5.92 Å². The summed E-state index contributed by atoms with van der Waals surface area (Å²) in [6.07, 6.45) is 10.2.